The standard InChI is InChI=1S/C33H69N/c1-3-5-7-9-11-13-15-17-18-19-21-23-25-27-29-31-33-34-32-30-28-26-24-22-20-16-14-12-10-8-6-4-2/h34H,3-33H2,1-2H3. The molecule has 0 unspecified atom stereocenters. The van der Waals surface area contributed by atoms with Gasteiger partial charge in [-0.2, -0.15) is 0 Å². The first-order chi connectivity index (χ1) is 16.9. The van der Waals surface area contributed by atoms with Gasteiger partial charge in [-0.25, -0.2) is 0 Å². The van der Waals surface area contributed by atoms with Crippen LogP contribution in [-0.2, 0) is 0 Å². The quantitative estimate of drug-likeness (QED) is 0.0974. The van der Waals surface area contributed by atoms with Crippen LogP contribution < -0.4 is 5.32 Å². The highest BCUT2D eigenvalue weighted by atomic mass is 14.8. The van der Waals surface area contributed by atoms with E-state index in [4.69, 9.17) is 0 Å². The Morgan fingerprint density at radius 2 is 0.412 bits per heavy atom. The molecule has 0 rings (SSSR count). The fourth-order valence-corrected chi connectivity index (χ4v) is 5.19. The summed E-state index contributed by atoms with van der Waals surface area (Å²) in [6, 6.07) is 0. The number of nitrogens with one attached hydrogen (secondary N) is 1. The number of rotatable bonds is 31. The summed E-state index contributed by atoms with van der Waals surface area (Å²) in [6.07, 6.45) is 42.2. The van der Waals surface area contributed by atoms with Crippen LogP contribution in [0.2, 0.25) is 0 Å². The zero-order chi connectivity index (χ0) is 24.6. The van der Waals surface area contributed by atoms with Crippen LogP contribution in [0.25, 0.3) is 0 Å². The van der Waals surface area contributed by atoms with Crippen molar-refractivity contribution in [3.8, 4) is 0 Å². The van der Waals surface area contributed by atoms with Gasteiger partial charge in [0.25, 0.3) is 0 Å². The first-order valence-corrected chi connectivity index (χ1v) is 16.6. The molecule has 206 valence electrons. The molecule has 0 aromatic heterocycles. The highest BCUT2D eigenvalue weighted by Gasteiger charge is 1.96. The van der Waals surface area contributed by atoms with Crippen LogP contribution in [0.3, 0.4) is 0 Å². The third-order valence-electron chi connectivity index (χ3n) is 7.66. The Morgan fingerprint density at radius 3 is 0.618 bits per heavy atom. The zero-order valence-corrected chi connectivity index (χ0v) is 24.4. The lowest BCUT2D eigenvalue weighted by Gasteiger charge is -2.06. The summed E-state index contributed by atoms with van der Waals surface area (Å²) in [6.45, 7) is 7.10. The van der Waals surface area contributed by atoms with E-state index in [0.717, 1.165) is 0 Å². The van der Waals surface area contributed by atoms with Crippen LogP contribution in [0.4, 0.5) is 0 Å². The summed E-state index contributed by atoms with van der Waals surface area (Å²) in [5, 5.41) is 3.67. The predicted octanol–water partition coefficient (Wildman–Crippen LogP) is 11.9. The molecule has 0 radical (unpaired) electrons. The number of unbranched alkanes of at least 4 members (excludes halogenated alkanes) is 27. The fraction of sp³-hybridized carbons (Fsp3) is 1.00. The number of hydrogen-bond acceptors (Lipinski definition) is 1. The summed E-state index contributed by atoms with van der Waals surface area (Å²) in [4.78, 5) is 0. The Morgan fingerprint density at radius 1 is 0.235 bits per heavy atom. The minimum Gasteiger partial charge on any atom is -0.317 e. The van der Waals surface area contributed by atoms with Crippen LogP contribution in [0.15, 0.2) is 0 Å². The van der Waals surface area contributed by atoms with Crippen molar-refractivity contribution in [2.75, 3.05) is 13.1 Å². The fourth-order valence-electron chi connectivity index (χ4n) is 5.19. The first kappa shape index (κ1) is 34.0. The molecule has 1 heteroatoms. The van der Waals surface area contributed by atoms with Gasteiger partial charge in [0.15, 0.2) is 0 Å². The normalized spacial score (nSPS) is 11.5. The van der Waals surface area contributed by atoms with E-state index in [9.17, 15) is 0 Å². The van der Waals surface area contributed by atoms with Gasteiger partial charge in [0.1, 0.15) is 0 Å². The summed E-state index contributed by atoms with van der Waals surface area (Å²) in [7, 11) is 0. The molecule has 1 N–H and O–H groups in total. The molecule has 0 spiro atoms. The molecule has 0 amide bonds. The Labute approximate surface area is 218 Å². The van der Waals surface area contributed by atoms with Gasteiger partial charge in [0.05, 0.1) is 0 Å². The maximum absolute atomic E-state index is 3.67. The highest BCUT2D eigenvalue weighted by molar-refractivity contribution is 4.53. The van der Waals surface area contributed by atoms with E-state index >= 15 is 0 Å². The van der Waals surface area contributed by atoms with Crippen LogP contribution in [-0.4, -0.2) is 13.1 Å². The maximum Gasteiger partial charge on any atom is -0.00489 e. The van der Waals surface area contributed by atoms with E-state index in [2.05, 4.69) is 19.2 Å². The van der Waals surface area contributed by atoms with Crippen molar-refractivity contribution in [2.45, 2.75) is 200 Å². The Kier molecular flexibility index (Phi) is 32.9. The molecule has 0 saturated heterocycles. The van der Waals surface area contributed by atoms with Crippen LogP contribution in [0.5, 0.6) is 0 Å². The first-order valence-electron chi connectivity index (χ1n) is 16.6. The van der Waals surface area contributed by atoms with Gasteiger partial charge in [-0.1, -0.05) is 187 Å². The smallest absolute Gasteiger partial charge is 0.00489 e. The molecule has 0 aliphatic heterocycles. The third kappa shape index (κ3) is 32.0. The second kappa shape index (κ2) is 33.0. The molecule has 34 heavy (non-hydrogen) atoms. The van der Waals surface area contributed by atoms with Crippen LogP contribution in [0, 0.1) is 0 Å². The molecule has 0 aliphatic rings. The summed E-state index contributed by atoms with van der Waals surface area (Å²) >= 11 is 0. The third-order valence-corrected chi connectivity index (χ3v) is 7.66. The van der Waals surface area contributed by atoms with Crippen molar-refractivity contribution >= 4 is 0 Å². The zero-order valence-electron chi connectivity index (χ0n) is 24.4. The van der Waals surface area contributed by atoms with Gasteiger partial charge >= 0.3 is 0 Å². The summed E-state index contributed by atoms with van der Waals surface area (Å²) < 4.78 is 0. The van der Waals surface area contributed by atoms with Gasteiger partial charge < -0.3 is 5.32 Å². The minimum atomic E-state index is 1.25. The molecule has 1 nitrogen and oxygen atoms in total. The summed E-state index contributed by atoms with van der Waals surface area (Å²) in [5.41, 5.74) is 0. The van der Waals surface area contributed by atoms with Crippen molar-refractivity contribution in [1.29, 1.82) is 0 Å². The average Bonchev–Trinajstić information content (AvgIpc) is 2.85. The summed E-state index contributed by atoms with van der Waals surface area (Å²) in [5.74, 6) is 0. The average molecular weight is 480 g/mol. The molecule has 0 saturated carbocycles. The topological polar surface area (TPSA) is 12.0 Å². The van der Waals surface area contributed by atoms with E-state index in [0.29, 0.717) is 0 Å². The second-order valence-corrected chi connectivity index (χ2v) is 11.3. The van der Waals surface area contributed by atoms with Crippen LogP contribution in [0.1, 0.15) is 200 Å². The lowest BCUT2D eigenvalue weighted by molar-refractivity contribution is 0.517. The van der Waals surface area contributed by atoms with Gasteiger partial charge in [0.2, 0.25) is 0 Å². The van der Waals surface area contributed by atoms with E-state index in [-0.39, 0.29) is 0 Å². The monoisotopic (exact) mass is 480 g/mol. The Bertz CT molecular complexity index is 295. The van der Waals surface area contributed by atoms with Gasteiger partial charge in [-0.05, 0) is 25.9 Å². The highest BCUT2D eigenvalue weighted by Crippen LogP contribution is 2.14. The van der Waals surface area contributed by atoms with Crippen LogP contribution >= 0.6 is 0 Å². The lowest BCUT2D eigenvalue weighted by atomic mass is 10.0. The molecule has 0 fully saturated rings. The molecular formula is C33H69N. The molecule has 0 atom stereocenters. The largest absolute Gasteiger partial charge is 0.317 e. The van der Waals surface area contributed by atoms with Crippen molar-refractivity contribution in [1.82, 2.24) is 5.32 Å². The second-order valence-electron chi connectivity index (χ2n) is 11.3. The lowest BCUT2D eigenvalue weighted by Crippen LogP contribution is -2.16. The van der Waals surface area contributed by atoms with E-state index < -0.39 is 0 Å². The Balaban J connectivity index is 2.99. The molecular weight excluding hydrogens is 410 g/mol. The van der Waals surface area contributed by atoms with Gasteiger partial charge in [-0.15, -0.1) is 0 Å². The van der Waals surface area contributed by atoms with Crippen molar-refractivity contribution in [3.63, 3.8) is 0 Å². The van der Waals surface area contributed by atoms with Gasteiger partial charge in [-0.3, -0.25) is 0 Å². The predicted molar refractivity (Wildman–Crippen MR) is 158 cm³/mol. The van der Waals surface area contributed by atoms with E-state index in [1.165, 1.54) is 199 Å². The van der Waals surface area contributed by atoms with Crippen molar-refractivity contribution in [2.24, 2.45) is 0 Å². The van der Waals surface area contributed by atoms with E-state index in [1.807, 2.05) is 0 Å². The molecule has 0 aliphatic carbocycles. The SMILES string of the molecule is CCCCCCCCCCCCCCCCCCNCCCCCCCCCCCCCCC. The maximum atomic E-state index is 3.67. The molecule has 0 heterocycles. The molecule has 0 aromatic carbocycles. The number of hydrogen-bond donors (Lipinski definition) is 1. The minimum absolute atomic E-state index is 1.25. The molecule has 0 bridgehead atoms. The van der Waals surface area contributed by atoms with Gasteiger partial charge in [0, 0.05) is 0 Å². The van der Waals surface area contributed by atoms with Crippen molar-refractivity contribution < 1.29 is 0 Å². The van der Waals surface area contributed by atoms with E-state index in [1.54, 1.807) is 0 Å². The van der Waals surface area contributed by atoms with Crippen molar-refractivity contribution in [3.05, 3.63) is 0 Å². The Hall–Kier alpha value is -0.0400. The molecule has 0 aromatic rings.